The molecule has 0 radical (unpaired) electrons. The Bertz CT molecular complexity index is 2370. The summed E-state index contributed by atoms with van der Waals surface area (Å²) >= 11 is 0. The average molecular weight is 720 g/mol. The van der Waals surface area contributed by atoms with Crippen LogP contribution in [0.3, 0.4) is 0 Å². The van der Waals surface area contributed by atoms with Gasteiger partial charge in [0.05, 0.1) is 28.8 Å². The van der Waals surface area contributed by atoms with Crippen LogP contribution in [-0.4, -0.2) is 36.5 Å². The van der Waals surface area contributed by atoms with Crippen molar-refractivity contribution in [2.45, 2.75) is 26.9 Å². The van der Waals surface area contributed by atoms with Crippen molar-refractivity contribution in [1.29, 1.82) is 10.5 Å². The van der Waals surface area contributed by atoms with Crippen molar-refractivity contribution in [3.8, 4) is 34.7 Å². The number of hydrogen-bond donors (Lipinski definition) is 4. The van der Waals surface area contributed by atoms with Crippen LogP contribution in [0, 0.1) is 22.7 Å². The Kier molecular flexibility index (Phi) is 11.7. The van der Waals surface area contributed by atoms with Crippen LogP contribution in [0.25, 0.3) is 22.5 Å². The van der Waals surface area contributed by atoms with Gasteiger partial charge < -0.3 is 21.5 Å². The molecule has 14 nitrogen and oxygen atoms in total. The number of nitrogens with zero attached hydrogens (tertiary/aromatic N) is 6. The first kappa shape index (κ1) is 37.4. The molecule has 1 amide bonds. The summed E-state index contributed by atoms with van der Waals surface area (Å²) < 4.78 is 2.48. The summed E-state index contributed by atoms with van der Waals surface area (Å²) in [5.41, 5.74) is 7.89. The molecule has 0 bridgehead atoms. The minimum atomic E-state index is -1.26. The van der Waals surface area contributed by atoms with Crippen LogP contribution in [0.1, 0.15) is 45.7 Å². The lowest BCUT2D eigenvalue weighted by molar-refractivity contribution is 0.0697. The van der Waals surface area contributed by atoms with Gasteiger partial charge in [-0.1, -0.05) is 72.8 Å². The zero-order valence-electron chi connectivity index (χ0n) is 29.1. The van der Waals surface area contributed by atoms with Crippen LogP contribution in [-0.2, 0) is 13.1 Å². The quantitative estimate of drug-likeness (QED) is 0.131. The number of hydrogen-bond acceptors (Lipinski definition) is 10. The summed E-state index contributed by atoms with van der Waals surface area (Å²) in [6.07, 6.45) is 0. The fourth-order valence-corrected chi connectivity index (χ4v) is 5.47. The lowest BCUT2D eigenvalue weighted by Gasteiger charge is -2.16. The number of aryl methyl sites for hydroxylation is 2. The van der Waals surface area contributed by atoms with Crippen molar-refractivity contribution >= 4 is 34.6 Å². The van der Waals surface area contributed by atoms with E-state index in [1.54, 1.807) is 98.8 Å². The van der Waals surface area contributed by atoms with E-state index in [1.165, 1.54) is 9.36 Å². The molecule has 0 saturated carbocycles. The molecular weight excluding hydrogens is 686 g/mol. The highest BCUT2D eigenvalue weighted by molar-refractivity contribution is 6.04. The van der Waals surface area contributed by atoms with E-state index >= 15 is 0 Å². The Hall–Kier alpha value is -7.84. The molecule has 268 valence electrons. The number of nitriles is 2. The number of carboxylic acids is 1. The van der Waals surface area contributed by atoms with Gasteiger partial charge in [-0.05, 0) is 50.2 Å². The SMILES string of the molecule is CCn1nc(-c2ccccc2)c(C(=O)O)c(Nc2cccc(C#N)c2)c1=O.CCn1nc(-c2ccccc2)c(C(N)=O)c(Nc2cccc(C#N)c2)c1=O. The third-order valence-electron chi connectivity index (χ3n) is 7.99. The van der Waals surface area contributed by atoms with Crippen LogP contribution in [0.2, 0.25) is 0 Å². The van der Waals surface area contributed by atoms with Crippen LogP contribution >= 0.6 is 0 Å². The molecule has 0 spiro atoms. The fourth-order valence-electron chi connectivity index (χ4n) is 5.47. The number of amides is 1. The third kappa shape index (κ3) is 8.20. The van der Waals surface area contributed by atoms with Gasteiger partial charge in [-0.15, -0.1) is 0 Å². The highest BCUT2D eigenvalue weighted by Gasteiger charge is 2.25. The van der Waals surface area contributed by atoms with Crippen LogP contribution in [0.5, 0.6) is 0 Å². The average Bonchev–Trinajstić information content (AvgIpc) is 3.20. The van der Waals surface area contributed by atoms with E-state index in [0.29, 0.717) is 45.9 Å². The van der Waals surface area contributed by atoms with Crippen molar-refractivity contribution in [2.75, 3.05) is 10.6 Å². The van der Waals surface area contributed by atoms with E-state index < -0.39 is 23.0 Å². The van der Waals surface area contributed by atoms with Crippen LogP contribution < -0.4 is 27.5 Å². The monoisotopic (exact) mass is 719 g/mol. The van der Waals surface area contributed by atoms with Gasteiger partial charge >= 0.3 is 5.97 Å². The van der Waals surface area contributed by atoms with Crippen molar-refractivity contribution < 1.29 is 14.7 Å². The number of nitrogens with two attached hydrogens (primary N) is 1. The minimum absolute atomic E-state index is 0.0123. The lowest BCUT2D eigenvalue weighted by Crippen LogP contribution is -2.30. The molecule has 2 heterocycles. The molecule has 5 N–H and O–H groups in total. The van der Waals surface area contributed by atoms with Gasteiger partial charge in [0.15, 0.2) is 0 Å². The van der Waals surface area contributed by atoms with E-state index in [-0.39, 0.29) is 34.7 Å². The number of carboxylic acid groups (broad SMARTS) is 1. The highest BCUT2D eigenvalue weighted by atomic mass is 16.4. The van der Waals surface area contributed by atoms with Gasteiger partial charge in [-0.25, -0.2) is 14.2 Å². The molecule has 6 rings (SSSR count). The maximum absolute atomic E-state index is 12.8. The predicted molar refractivity (Wildman–Crippen MR) is 204 cm³/mol. The van der Waals surface area contributed by atoms with Crippen molar-refractivity contribution in [1.82, 2.24) is 19.6 Å². The maximum Gasteiger partial charge on any atom is 0.340 e. The molecule has 2 aromatic heterocycles. The maximum atomic E-state index is 12.8. The Morgan fingerprint density at radius 3 is 1.44 bits per heavy atom. The van der Waals surface area contributed by atoms with E-state index in [4.69, 9.17) is 16.3 Å². The Labute approximate surface area is 309 Å². The zero-order chi connectivity index (χ0) is 38.8. The van der Waals surface area contributed by atoms with E-state index in [9.17, 15) is 24.3 Å². The van der Waals surface area contributed by atoms with E-state index in [0.717, 1.165) is 0 Å². The van der Waals surface area contributed by atoms with Crippen LogP contribution in [0.4, 0.5) is 22.7 Å². The number of carbonyl (C=O) groups is 2. The number of aromatic nitrogens is 4. The number of carbonyl (C=O) groups excluding carboxylic acids is 1. The molecule has 54 heavy (non-hydrogen) atoms. The second-order valence-electron chi connectivity index (χ2n) is 11.5. The lowest BCUT2D eigenvalue weighted by atomic mass is 10.0. The second-order valence-corrected chi connectivity index (χ2v) is 11.5. The number of primary amides is 1. The highest BCUT2D eigenvalue weighted by Crippen LogP contribution is 2.29. The van der Waals surface area contributed by atoms with E-state index in [2.05, 4.69) is 20.8 Å². The molecule has 0 atom stereocenters. The topological polar surface area (TPSA) is 222 Å². The smallest absolute Gasteiger partial charge is 0.340 e. The van der Waals surface area contributed by atoms with Crippen molar-refractivity contribution in [3.05, 3.63) is 152 Å². The molecular formula is C40H33N9O5. The number of rotatable bonds is 10. The first-order valence-electron chi connectivity index (χ1n) is 16.6. The van der Waals surface area contributed by atoms with Crippen molar-refractivity contribution in [3.63, 3.8) is 0 Å². The van der Waals surface area contributed by atoms with Gasteiger partial charge in [0.2, 0.25) is 0 Å². The summed E-state index contributed by atoms with van der Waals surface area (Å²) in [6, 6.07) is 35.0. The third-order valence-corrected chi connectivity index (χ3v) is 7.99. The second kappa shape index (κ2) is 16.9. The minimum Gasteiger partial charge on any atom is -0.478 e. The summed E-state index contributed by atoms with van der Waals surface area (Å²) in [6.45, 7) is 4.15. The summed E-state index contributed by atoms with van der Waals surface area (Å²) in [7, 11) is 0. The number of aromatic carboxylic acids is 1. The summed E-state index contributed by atoms with van der Waals surface area (Å²) in [5, 5.41) is 42.3. The molecule has 0 aliphatic rings. The molecule has 14 heteroatoms. The van der Waals surface area contributed by atoms with Gasteiger partial charge in [0, 0.05) is 35.6 Å². The fraction of sp³-hybridized carbons (Fsp3) is 0.100. The first-order valence-corrected chi connectivity index (χ1v) is 16.6. The number of benzene rings is 4. The standard InChI is InChI=1S/C20H17N5O2.C20H16N4O3/c1-2-25-20(27)18(23-15-10-6-7-13(11-15)12-21)16(19(22)26)17(24-25)14-8-4-3-5-9-14;1-2-24-19(25)18(22-15-10-6-7-13(11-15)12-21)16(20(26)27)17(23-24)14-8-4-3-5-9-14/h3-11,23H,2H2,1H3,(H2,22,26);3-11,22H,2H2,1H3,(H,26,27). The van der Waals surface area contributed by atoms with Gasteiger partial charge in [0.25, 0.3) is 17.0 Å². The van der Waals surface area contributed by atoms with Gasteiger partial charge in [-0.3, -0.25) is 14.4 Å². The molecule has 0 aliphatic carbocycles. The van der Waals surface area contributed by atoms with Gasteiger partial charge in [0.1, 0.15) is 28.3 Å². The Morgan fingerprint density at radius 2 is 1.07 bits per heavy atom. The Morgan fingerprint density at radius 1 is 0.667 bits per heavy atom. The van der Waals surface area contributed by atoms with Crippen molar-refractivity contribution in [2.24, 2.45) is 5.73 Å². The summed E-state index contributed by atoms with van der Waals surface area (Å²) in [4.78, 5) is 49.8. The molecule has 0 saturated heterocycles. The molecule has 4 aromatic carbocycles. The molecule has 0 aliphatic heterocycles. The first-order chi connectivity index (χ1) is 26.1. The normalized spacial score (nSPS) is 10.2. The largest absolute Gasteiger partial charge is 0.478 e. The van der Waals surface area contributed by atoms with E-state index in [1.807, 2.05) is 36.4 Å². The molecule has 0 unspecified atom stereocenters. The molecule has 6 aromatic rings. The number of anilines is 4. The molecule has 0 fully saturated rings. The number of nitrogens with one attached hydrogen (secondary N) is 2. The zero-order valence-corrected chi connectivity index (χ0v) is 29.1. The Balaban J connectivity index is 0.000000208. The predicted octanol–water partition coefficient (Wildman–Crippen LogP) is 5.89. The summed E-state index contributed by atoms with van der Waals surface area (Å²) in [5.74, 6) is -2.03. The van der Waals surface area contributed by atoms with Crippen LogP contribution in [0.15, 0.2) is 119 Å². The van der Waals surface area contributed by atoms with Gasteiger partial charge in [-0.2, -0.15) is 20.7 Å².